The highest BCUT2D eigenvalue weighted by Gasteiger charge is 2.43. The number of thioether (sulfide) groups is 1. The molecule has 0 aromatic heterocycles. The molecule has 3 nitrogen and oxygen atoms in total. The topological polar surface area (TPSA) is 43.4 Å². The predicted octanol–water partition coefficient (Wildman–Crippen LogP) is 3.23. The van der Waals surface area contributed by atoms with Gasteiger partial charge in [0.25, 0.3) is 0 Å². The predicted molar refractivity (Wildman–Crippen MR) is 97.0 cm³/mol. The van der Waals surface area contributed by atoms with E-state index in [2.05, 4.69) is 6.58 Å². The van der Waals surface area contributed by atoms with Gasteiger partial charge in [-0.2, -0.15) is 11.8 Å². The van der Waals surface area contributed by atoms with E-state index in [-0.39, 0.29) is 17.0 Å². The lowest BCUT2D eigenvalue weighted by molar-refractivity contribution is -0.138. The van der Waals surface area contributed by atoms with Crippen molar-refractivity contribution in [3.8, 4) is 0 Å². The second-order valence-electron chi connectivity index (χ2n) is 6.39. The van der Waals surface area contributed by atoms with Gasteiger partial charge >= 0.3 is 0 Å². The number of rotatable bonds is 4. The summed E-state index contributed by atoms with van der Waals surface area (Å²) in [6.45, 7) is 5.05. The molecule has 2 atom stereocenters. The van der Waals surface area contributed by atoms with Crippen molar-refractivity contribution in [2.24, 2.45) is 5.41 Å². The van der Waals surface area contributed by atoms with E-state index < -0.39 is 16.6 Å². The summed E-state index contributed by atoms with van der Waals surface area (Å²) in [5.41, 5.74) is -0.447. The molecule has 0 radical (unpaired) electrons. The Hall–Kier alpha value is -0.980. The molecule has 0 spiro atoms. The highest BCUT2D eigenvalue weighted by molar-refractivity contribution is 7.99. The Morgan fingerprint density at radius 3 is 2.67 bits per heavy atom. The van der Waals surface area contributed by atoms with Gasteiger partial charge in [-0.25, -0.2) is 4.39 Å². The molecule has 0 aliphatic carbocycles. The number of hydrogen-bond donors (Lipinski definition) is 0. The summed E-state index contributed by atoms with van der Waals surface area (Å²) in [6.07, 6.45) is 4.21. The molecule has 130 valence electrons. The first-order valence-electron chi connectivity index (χ1n) is 8.22. The molecule has 24 heavy (non-hydrogen) atoms. The Kier molecular flexibility index (Phi) is 5.57. The molecule has 0 saturated carbocycles. The Balaban J connectivity index is 1.67. The van der Waals surface area contributed by atoms with Gasteiger partial charge in [0.15, 0.2) is 4.90 Å². The Bertz CT molecular complexity index is 602. The Labute approximate surface area is 149 Å². The number of hydrogen-bond acceptors (Lipinski definition) is 3. The molecule has 2 aliphatic rings. The van der Waals surface area contributed by atoms with Gasteiger partial charge in [0.2, 0.25) is 5.91 Å². The highest BCUT2D eigenvalue weighted by atomic mass is 32.2. The monoisotopic (exact) mass is 367 g/mol. The van der Waals surface area contributed by atoms with Gasteiger partial charge in [-0.05, 0) is 59.8 Å². The van der Waals surface area contributed by atoms with Crippen LogP contribution < -0.4 is 0 Å². The van der Waals surface area contributed by atoms with Crippen LogP contribution in [0, 0.1) is 11.2 Å². The zero-order valence-electron chi connectivity index (χ0n) is 13.6. The van der Waals surface area contributed by atoms with Crippen molar-refractivity contribution in [2.45, 2.75) is 29.4 Å². The SMILES string of the molecule is C=CC1(C(=O)N2CCC([S+]([O-])c3ccc(F)cc3)C2)CCSCC1. The minimum Gasteiger partial charge on any atom is -0.611 e. The van der Waals surface area contributed by atoms with Crippen LogP contribution in [0.2, 0.25) is 0 Å². The molecule has 2 saturated heterocycles. The third kappa shape index (κ3) is 3.51. The van der Waals surface area contributed by atoms with Gasteiger partial charge < -0.3 is 9.45 Å². The summed E-state index contributed by atoms with van der Waals surface area (Å²) in [7, 11) is 0. The normalized spacial score (nSPS) is 24.6. The number of amides is 1. The number of likely N-dealkylation sites (tertiary alicyclic amines) is 1. The highest BCUT2D eigenvalue weighted by Crippen LogP contribution is 2.39. The van der Waals surface area contributed by atoms with Crippen molar-refractivity contribution in [1.29, 1.82) is 0 Å². The van der Waals surface area contributed by atoms with Crippen molar-refractivity contribution in [2.75, 3.05) is 24.6 Å². The quantitative estimate of drug-likeness (QED) is 0.606. The van der Waals surface area contributed by atoms with E-state index in [0.29, 0.717) is 18.0 Å². The average Bonchev–Trinajstić information content (AvgIpc) is 3.11. The lowest BCUT2D eigenvalue weighted by Crippen LogP contribution is -2.44. The van der Waals surface area contributed by atoms with Crippen molar-refractivity contribution in [3.63, 3.8) is 0 Å². The molecule has 2 aliphatic heterocycles. The summed E-state index contributed by atoms with van der Waals surface area (Å²) in [4.78, 5) is 15.5. The molecule has 2 heterocycles. The third-order valence-electron chi connectivity index (χ3n) is 4.98. The van der Waals surface area contributed by atoms with Gasteiger partial charge in [-0.1, -0.05) is 6.08 Å². The van der Waals surface area contributed by atoms with Crippen LogP contribution in [0.4, 0.5) is 4.39 Å². The van der Waals surface area contributed by atoms with Crippen molar-refractivity contribution >= 4 is 28.8 Å². The van der Waals surface area contributed by atoms with E-state index in [9.17, 15) is 13.7 Å². The van der Waals surface area contributed by atoms with Crippen molar-refractivity contribution < 1.29 is 13.7 Å². The minimum atomic E-state index is -1.22. The van der Waals surface area contributed by atoms with Crippen LogP contribution in [0.3, 0.4) is 0 Å². The molecule has 0 bridgehead atoms. The molecule has 2 fully saturated rings. The van der Waals surface area contributed by atoms with Crippen LogP contribution >= 0.6 is 11.8 Å². The lowest BCUT2D eigenvalue weighted by atomic mass is 9.80. The second kappa shape index (κ2) is 7.50. The molecule has 1 aromatic rings. The van der Waals surface area contributed by atoms with E-state index in [4.69, 9.17) is 0 Å². The maximum Gasteiger partial charge on any atom is 0.232 e. The van der Waals surface area contributed by atoms with Crippen LogP contribution in [0.1, 0.15) is 19.3 Å². The molecule has 6 heteroatoms. The van der Waals surface area contributed by atoms with E-state index in [1.54, 1.807) is 12.1 Å². The molecule has 3 rings (SSSR count). The fourth-order valence-corrected chi connectivity index (χ4v) is 6.05. The van der Waals surface area contributed by atoms with Gasteiger partial charge in [0.1, 0.15) is 11.1 Å². The van der Waals surface area contributed by atoms with Crippen LogP contribution in [0.25, 0.3) is 0 Å². The van der Waals surface area contributed by atoms with Gasteiger partial charge in [-0.15, -0.1) is 6.58 Å². The van der Waals surface area contributed by atoms with Crippen molar-refractivity contribution in [1.82, 2.24) is 4.90 Å². The van der Waals surface area contributed by atoms with E-state index >= 15 is 0 Å². The summed E-state index contributed by atoms with van der Waals surface area (Å²) in [6, 6.07) is 5.80. The zero-order chi connectivity index (χ0) is 17.2. The van der Waals surface area contributed by atoms with Crippen LogP contribution in [0.5, 0.6) is 0 Å². The summed E-state index contributed by atoms with van der Waals surface area (Å²) < 4.78 is 25.7. The minimum absolute atomic E-state index is 0.0840. The molecule has 1 amide bonds. The van der Waals surface area contributed by atoms with Gasteiger partial charge in [0.05, 0.1) is 12.0 Å². The molecule has 2 unspecified atom stereocenters. The Morgan fingerprint density at radius 1 is 1.38 bits per heavy atom. The number of nitrogens with zero attached hydrogens (tertiary/aromatic N) is 1. The summed E-state index contributed by atoms with van der Waals surface area (Å²) in [5, 5.41) is -0.0840. The first-order chi connectivity index (χ1) is 11.6. The standard InChI is InChI=1S/C18H22FNO2S2/c1-2-18(8-11-23-12-9-18)17(21)20-10-7-16(13-20)24(22)15-5-3-14(19)4-6-15/h2-6,16H,1,7-13H2. The number of carbonyl (C=O) groups is 1. The second-order valence-corrected chi connectivity index (χ2v) is 9.34. The first kappa shape index (κ1) is 17.8. The number of carbonyl (C=O) groups excluding carboxylic acids is 1. The fraction of sp³-hybridized carbons (Fsp3) is 0.500. The zero-order valence-corrected chi connectivity index (χ0v) is 15.2. The van der Waals surface area contributed by atoms with E-state index in [1.807, 2.05) is 22.7 Å². The molecule has 1 aromatic carbocycles. The summed E-state index contributed by atoms with van der Waals surface area (Å²) in [5.74, 6) is 1.77. The van der Waals surface area contributed by atoms with E-state index in [1.165, 1.54) is 12.1 Å². The smallest absolute Gasteiger partial charge is 0.232 e. The number of halogens is 1. The van der Waals surface area contributed by atoms with Crippen molar-refractivity contribution in [3.05, 3.63) is 42.7 Å². The molecular weight excluding hydrogens is 345 g/mol. The maximum atomic E-state index is 13.0. The average molecular weight is 368 g/mol. The lowest BCUT2D eigenvalue weighted by Gasteiger charge is -2.36. The third-order valence-corrected chi connectivity index (χ3v) is 7.70. The fourth-order valence-electron chi connectivity index (χ4n) is 3.40. The van der Waals surface area contributed by atoms with Crippen LogP contribution in [-0.2, 0) is 16.0 Å². The first-order valence-corrected chi connectivity index (χ1v) is 10.6. The summed E-state index contributed by atoms with van der Waals surface area (Å²) >= 11 is 0.663. The number of benzene rings is 1. The van der Waals surface area contributed by atoms with Crippen LogP contribution in [0.15, 0.2) is 41.8 Å². The largest absolute Gasteiger partial charge is 0.611 e. The van der Waals surface area contributed by atoms with Crippen LogP contribution in [-0.4, -0.2) is 45.2 Å². The molecular formula is C18H22FNO2S2. The van der Waals surface area contributed by atoms with Gasteiger partial charge in [-0.3, -0.25) is 4.79 Å². The molecule has 0 N–H and O–H groups in total. The Morgan fingerprint density at radius 2 is 2.04 bits per heavy atom. The van der Waals surface area contributed by atoms with E-state index in [0.717, 1.165) is 30.8 Å². The maximum absolute atomic E-state index is 13.0. The van der Waals surface area contributed by atoms with Gasteiger partial charge in [0, 0.05) is 13.0 Å².